The van der Waals surface area contributed by atoms with E-state index in [1.165, 1.54) is 39.3 Å². The Morgan fingerprint density at radius 1 is 1.34 bits per heavy atom. The van der Waals surface area contributed by atoms with Crippen LogP contribution in [0.2, 0.25) is 4.34 Å². The zero-order valence-corrected chi connectivity index (χ0v) is 19.8. The third-order valence-corrected chi connectivity index (χ3v) is 8.59. The molecule has 2 aromatic heterocycles. The van der Waals surface area contributed by atoms with E-state index in [-0.39, 0.29) is 6.54 Å². The standard InChI is InChI=1S/C16H10BrClN2O5S4/c17-8-1-2-11-9(3-8)19(6-15(21)22)13(26-11)5-14-20(7-29(23,24)25)10-4-12(18)27-16(10)28-14/h1-5H,6-7H2,(H-,21,22,23,24,25). The molecule has 0 unspecified atom stereocenters. The fourth-order valence-electron chi connectivity index (χ4n) is 2.85. The normalized spacial score (nSPS) is 15.4. The second-order valence-electron chi connectivity index (χ2n) is 5.95. The van der Waals surface area contributed by atoms with E-state index < -0.39 is 22.0 Å². The molecule has 1 aliphatic heterocycles. The van der Waals surface area contributed by atoms with Gasteiger partial charge in [-0.25, -0.2) is 13.2 Å². The minimum Gasteiger partial charge on any atom is -0.747 e. The molecule has 0 atom stereocenters. The average Bonchev–Trinajstić information content (AvgIpc) is 3.20. The highest BCUT2D eigenvalue weighted by Crippen LogP contribution is 2.52. The SMILES string of the molecule is O=C(O)C[n+]1c(C=C2Sc3sc(Cl)cc3N2CS(=O)(=O)[O-])sc2ccc(Br)cc21. The molecule has 0 spiro atoms. The lowest BCUT2D eigenvalue weighted by atomic mass is 10.3. The van der Waals surface area contributed by atoms with Crippen LogP contribution in [0, 0.1) is 0 Å². The number of carboxylic acids is 1. The number of rotatable bonds is 5. The number of aromatic nitrogens is 1. The Kier molecular flexibility index (Phi) is 5.70. The summed E-state index contributed by atoms with van der Waals surface area (Å²) < 4.78 is 38.9. The van der Waals surface area contributed by atoms with Crippen LogP contribution in [0.3, 0.4) is 0 Å². The van der Waals surface area contributed by atoms with Crippen molar-refractivity contribution in [1.29, 1.82) is 0 Å². The summed E-state index contributed by atoms with van der Waals surface area (Å²) in [5.74, 6) is -1.74. The Labute approximate surface area is 191 Å². The minimum absolute atomic E-state index is 0.256. The van der Waals surface area contributed by atoms with Crippen LogP contribution in [0.4, 0.5) is 5.69 Å². The highest BCUT2D eigenvalue weighted by molar-refractivity contribution is 9.10. The van der Waals surface area contributed by atoms with E-state index in [0.717, 1.165) is 18.9 Å². The Balaban J connectivity index is 1.85. The van der Waals surface area contributed by atoms with Crippen LogP contribution in [0.5, 0.6) is 0 Å². The lowest BCUT2D eigenvalue weighted by molar-refractivity contribution is -0.657. The van der Waals surface area contributed by atoms with E-state index in [2.05, 4.69) is 15.9 Å². The topological polar surface area (TPSA) is 102 Å². The van der Waals surface area contributed by atoms with Gasteiger partial charge in [-0.3, -0.25) is 0 Å². The molecular formula is C16H10BrClN2O5S4. The summed E-state index contributed by atoms with van der Waals surface area (Å²) >= 11 is 13.4. The summed E-state index contributed by atoms with van der Waals surface area (Å²) in [5, 5.41) is 10.5. The number of benzene rings is 1. The van der Waals surface area contributed by atoms with Gasteiger partial charge in [0.05, 0.1) is 25.3 Å². The molecule has 0 amide bonds. The molecule has 4 rings (SSSR count). The number of hydrogen-bond acceptors (Lipinski definition) is 8. The minimum atomic E-state index is -4.55. The van der Waals surface area contributed by atoms with Gasteiger partial charge in [-0.15, -0.1) is 11.3 Å². The van der Waals surface area contributed by atoms with Crippen LogP contribution in [0.25, 0.3) is 16.3 Å². The number of aliphatic carboxylic acids is 1. The fraction of sp³-hybridized carbons (Fsp3) is 0.125. The highest BCUT2D eigenvalue weighted by atomic mass is 79.9. The van der Waals surface area contributed by atoms with Gasteiger partial charge in [-0.2, -0.15) is 4.57 Å². The monoisotopic (exact) mass is 552 g/mol. The number of thiophene rings is 1. The number of thiazole rings is 1. The smallest absolute Gasteiger partial charge is 0.370 e. The molecule has 3 aromatic rings. The molecule has 1 aromatic carbocycles. The number of carbonyl (C=O) groups is 1. The van der Waals surface area contributed by atoms with Gasteiger partial charge in [-0.05, 0) is 18.2 Å². The summed E-state index contributed by atoms with van der Waals surface area (Å²) in [6.45, 7) is -0.256. The van der Waals surface area contributed by atoms with Gasteiger partial charge < -0.3 is 14.6 Å². The van der Waals surface area contributed by atoms with Crippen molar-refractivity contribution in [2.45, 2.75) is 10.8 Å². The van der Waals surface area contributed by atoms with Gasteiger partial charge in [0.25, 0.3) is 5.01 Å². The Bertz CT molecular complexity index is 1280. The predicted molar refractivity (Wildman–Crippen MR) is 118 cm³/mol. The molecule has 0 radical (unpaired) electrons. The van der Waals surface area contributed by atoms with Gasteiger partial charge in [0.2, 0.25) is 12.1 Å². The summed E-state index contributed by atoms with van der Waals surface area (Å²) in [6.07, 6.45) is 1.71. The molecule has 3 heterocycles. The quantitative estimate of drug-likeness (QED) is 0.374. The van der Waals surface area contributed by atoms with Gasteiger partial charge in [0, 0.05) is 10.5 Å². The number of fused-ring (bicyclic) bond motifs is 2. The second kappa shape index (κ2) is 7.84. The van der Waals surface area contributed by atoms with Crippen molar-refractivity contribution in [3.63, 3.8) is 0 Å². The summed E-state index contributed by atoms with van der Waals surface area (Å²) in [4.78, 5) is 12.8. The molecule has 0 aliphatic carbocycles. The molecule has 0 saturated heterocycles. The first-order valence-electron chi connectivity index (χ1n) is 7.84. The van der Waals surface area contributed by atoms with Gasteiger partial charge >= 0.3 is 5.97 Å². The van der Waals surface area contributed by atoms with Crippen LogP contribution >= 0.6 is 62.0 Å². The lowest BCUT2D eigenvalue weighted by Gasteiger charge is -2.21. The van der Waals surface area contributed by atoms with Crippen molar-refractivity contribution in [3.8, 4) is 0 Å². The van der Waals surface area contributed by atoms with Gasteiger partial charge in [0.15, 0.2) is 0 Å². The van der Waals surface area contributed by atoms with Crippen molar-refractivity contribution < 1.29 is 27.4 Å². The molecule has 0 bridgehead atoms. The Hall–Kier alpha value is -1.15. The zero-order chi connectivity index (χ0) is 20.9. The molecule has 0 saturated carbocycles. The zero-order valence-electron chi connectivity index (χ0n) is 14.2. The highest BCUT2D eigenvalue weighted by Gasteiger charge is 2.31. The van der Waals surface area contributed by atoms with Crippen LogP contribution in [-0.4, -0.2) is 29.9 Å². The number of halogens is 2. The van der Waals surface area contributed by atoms with E-state index in [1.807, 2.05) is 18.2 Å². The molecule has 7 nitrogen and oxygen atoms in total. The molecular weight excluding hydrogens is 544 g/mol. The van der Waals surface area contributed by atoms with Gasteiger partial charge in [0.1, 0.15) is 20.7 Å². The third kappa shape index (κ3) is 4.48. The second-order valence-corrected chi connectivity index (χ2v) is 12.3. The molecule has 1 N–H and O–H groups in total. The molecule has 0 fully saturated rings. The maximum atomic E-state index is 11.4. The van der Waals surface area contributed by atoms with Gasteiger partial charge in [-0.1, -0.05) is 50.6 Å². The van der Waals surface area contributed by atoms with Crippen LogP contribution in [-0.2, 0) is 21.5 Å². The maximum absolute atomic E-state index is 11.4. The summed E-state index contributed by atoms with van der Waals surface area (Å²) in [6, 6.07) is 7.19. The van der Waals surface area contributed by atoms with Crippen LogP contribution < -0.4 is 9.47 Å². The largest absolute Gasteiger partial charge is 0.747 e. The molecule has 1 aliphatic rings. The van der Waals surface area contributed by atoms with Crippen molar-refractivity contribution in [3.05, 3.63) is 43.1 Å². The van der Waals surface area contributed by atoms with Crippen LogP contribution in [0.15, 0.2) is 38.0 Å². The van der Waals surface area contributed by atoms with Crippen molar-refractivity contribution in [2.24, 2.45) is 0 Å². The van der Waals surface area contributed by atoms with E-state index >= 15 is 0 Å². The predicted octanol–water partition coefficient (Wildman–Crippen LogP) is 4.16. The number of anilines is 1. The molecule has 29 heavy (non-hydrogen) atoms. The number of thioether (sulfide) groups is 1. The number of nitrogens with zero attached hydrogens (tertiary/aromatic N) is 2. The lowest BCUT2D eigenvalue weighted by Crippen LogP contribution is -2.39. The summed E-state index contributed by atoms with van der Waals surface area (Å²) in [5.41, 5.74) is 1.30. The van der Waals surface area contributed by atoms with E-state index in [1.54, 1.807) is 16.7 Å². The first-order chi connectivity index (χ1) is 13.6. The first kappa shape index (κ1) is 21.1. The third-order valence-electron chi connectivity index (χ3n) is 3.92. The number of carboxylic acid groups (broad SMARTS) is 1. The first-order valence-corrected chi connectivity index (χ1v) is 13.0. The van der Waals surface area contributed by atoms with Crippen molar-refractivity contribution >= 4 is 100 Å². The van der Waals surface area contributed by atoms with E-state index in [9.17, 15) is 22.9 Å². The van der Waals surface area contributed by atoms with E-state index in [0.29, 0.717) is 20.1 Å². The summed E-state index contributed by atoms with van der Waals surface area (Å²) in [7, 11) is -4.55. The van der Waals surface area contributed by atoms with E-state index in [4.69, 9.17) is 11.6 Å². The maximum Gasteiger partial charge on any atom is 0.370 e. The Morgan fingerprint density at radius 2 is 2.10 bits per heavy atom. The number of hydrogen-bond donors (Lipinski definition) is 1. The molecule has 13 heteroatoms. The van der Waals surface area contributed by atoms with Crippen molar-refractivity contribution in [2.75, 3.05) is 10.8 Å². The molecule has 152 valence electrons. The Morgan fingerprint density at radius 3 is 2.79 bits per heavy atom. The average molecular weight is 554 g/mol. The van der Waals surface area contributed by atoms with Crippen LogP contribution in [0.1, 0.15) is 5.01 Å². The van der Waals surface area contributed by atoms with Crippen molar-refractivity contribution in [1.82, 2.24) is 0 Å². The fourth-order valence-corrected chi connectivity index (χ4v) is 7.72.